The summed E-state index contributed by atoms with van der Waals surface area (Å²) in [6, 6.07) is 0. The van der Waals surface area contributed by atoms with Crippen LogP contribution in [0.1, 0.15) is 52.8 Å². The van der Waals surface area contributed by atoms with Crippen LogP contribution in [0.2, 0.25) is 0 Å². The number of hydrogen-bond acceptors (Lipinski definition) is 4. The zero-order valence-electron chi connectivity index (χ0n) is 12.7. The molecule has 0 saturated heterocycles. The van der Waals surface area contributed by atoms with E-state index >= 15 is 0 Å². The van der Waals surface area contributed by atoms with Crippen LogP contribution in [0.3, 0.4) is 0 Å². The molecule has 0 amide bonds. The van der Waals surface area contributed by atoms with E-state index in [-0.39, 0.29) is 10.8 Å². The molecule has 1 aromatic heterocycles. The predicted octanol–water partition coefficient (Wildman–Crippen LogP) is 3.80. The molecule has 0 aromatic carbocycles. The number of rotatable bonds is 2. The van der Waals surface area contributed by atoms with Gasteiger partial charge in [-0.05, 0) is 11.7 Å². The van der Waals surface area contributed by atoms with Crippen LogP contribution in [-0.2, 0) is 10.8 Å². The minimum absolute atomic E-state index is 0.0245. The van der Waals surface area contributed by atoms with Gasteiger partial charge < -0.3 is 4.74 Å². The Bertz CT molecular complexity index is 431. The number of nitrogens with zero attached hydrogens (tertiary/aromatic N) is 2. The Labute approximate surface area is 115 Å². The molecule has 0 aliphatic carbocycles. The van der Waals surface area contributed by atoms with Gasteiger partial charge in [0.25, 0.3) is 0 Å². The summed E-state index contributed by atoms with van der Waals surface area (Å²) >= 11 is 1.55. The summed E-state index contributed by atoms with van der Waals surface area (Å²) < 4.78 is 5.49. The highest BCUT2D eigenvalue weighted by molar-refractivity contribution is 7.98. The van der Waals surface area contributed by atoms with E-state index in [1.54, 1.807) is 18.9 Å². The number of aromatic nitrogens is 2. The largest absolute Gasteiger partial charge is 0.481 e. The maximum Gasteiger partial charge on any atom is 0.221 e. The molecule has 102 valence electrons. The van der Waals surface area contributed by atoms with Gasteiger partial charge in [-0.25, -0.2) is 4.98 Å². The second kappa shape index (κ2) is 5.08. The Kier molecular flexibility index (Phi) is 4.31. The van der Waals surface area contributed by atoms with Crippen LogP contribution in [-0.4, -0.2) is 23.3 Å². The summed E-state index contributed by atoms with van der Waals surface area (Å²) in [5, 5.41) is 0.768. The lowest BCUT2D eigenvalue weighted by Gasteiger charge is -2.30. The quantitative estimate of drug-likeness (QED) is 0.603. The van der Waals surface area contributed by atoms with Crippen molar-refractivity contribution < 1.29 is 4.74 Å². The number of methoxy groups -OCH3 is 1. The summed E-state index contributed by atoms with van der Waals surface area (Å²) in [6.07, 6.45) is 1.98. The summed E-state index contributed by atoms with van der Waals surface area (Å²) in [5.74, 6) is 0.701. The molecule has 3 nitrogen and oxygen atoms in total. The molecule has 1 aromatic rings. The first kappa shape index (κ1) is 15.3. The van der Waals surface area contributed by atoms with E-state index in [1.165, 1.54) is 0 Å². The highest BCUT2D eigenvalue weighted by Crippen LogP contribution is 2.38. The van der Waals surface area contributed by atoms with Gasteiger partial charge in [-0.2, -0.15) is 4.98 Å². The molecule has 1 rings (SSSR count). The topological polar surface area (TPSA) is 35.0 Å². The fourth-order valence-electron chi connectivity index (χ4n) is 1.88. The van der Waals surface area contributed by atoms with E-state index in [0.717, 1.165) is 16.4 Å². The van der Waals surface area contributed by atoms with Crippen molar-refractivity contribution in [1.29, 1.82) is 0 Å². The zero-order chi connectivity index (χ0) is 14.1. The molecule has 0 spiro atoms. The predicted molar refractivity (Wildman–Crippen MR) is 77.8 cm³/mol. The van der Waals surface area contributed by atoms with Crippen LogP contribution in [0, 0.1) is 0 Å². The molecular weight excluding hydrogens is 244 g/mol. The number of thioether (sulfide) groups is 1. The molecule has 0 fully saturated rings. The van der Waals surface area contributed by atoms with Gasteiger partial charge in [-0.3, -0.25) is 0 Å². The molecule has 0 unspecified atom stereocenters. The van der Waals surface area contributed by atoms with Crippen molar-refractivity contribution in [2.24, 2.45) is 0 Å². The monoisotopic (exact) mass is 268 g/mol. The van der Waals surface area contributed by atoms with Crippen molar-refractivity contribution in [1.82, 2.24) is 9.97 Å². The number of hydrogen-bond donors (Lipinski definition) is 0. The SMILES string of the molecule is COc1nc(SC)nc(C(C)(C)C)c1C(C)(C)C. The summed E-state index contributed by atoms with van der Waals surface area (Å²) in [6.45, 7) is 13.0. The molecule has 0 atom stereocenters. The van der Waals surface area contributed by atoms with E-state index in [9.17, 15) is 0 Å². The molecule has 0 saturated carbocycles. The fourth-order valence-corrected chi connectivity index (χ4v) is 2.24. The zero-order valence-corrected chi connectivity index (χ0v) is 13.5. The Morgan fingerprint density at radius 3 is 1.83 bits per heavy atom. The third-order valence-corrected chi connectivity index (χ3v) is 3.24. The average Bonchev–Trinajstić information content (AvgIpc) is 2.24. The van der Waals surface area contributed by atoms with Crippen molar-refractivity contribution in [2.45, 2.75) is 57.5 Å². The molecule has 18 heavy (non-hydrogen) atoms. The van der Waals surface area contributed by atoms with E-state index in [2.05, 4.69) is 46.5 Å². The smallest absolute Gasteiger partial charge is 0.221 e. The third kappa shape index (κ3) is 3.16. The van der Waals surface area contributed by atoms with E-state index < -0.39 is 0 Å². The Balaban J connectivity index is 3.64. The maximum atomic E-state index is 5.49. The van der Waals surface area contributed by atoms with Crippen molar-refractivity contribution in [3.05, 3.63) is 11.3 Å². The maximum absolute atomic E-state index is 5.49. The lowest BCUT2D eigenvalue weighted by atomic mass is 9.79. The van der Waals surface area contributed by atoms with E-state index in [4.69, 9.17) is 9.72 Å². The third-order valence-electron chi connectivity index (χ3n) is 2.69. The van der Waals surface area contributed by atoms with Gasteiger partial charge in [0.15, 0.2) is 5.16 Å². The van der Waals surface area contributed by atoms with Gasteiger partial charge in [0, 0.05) is 11.0 Å². The minimum atomic E-state index is -0.0368. The number of ether oxygens (including phenoxy) is 1. The molecule has 0 N–H and O–H groups in total. The first-order valence-corrected chi connectivity index (χ1v) is 7.34. The molecule has 4 heteroatoms. The lowest BCUT2D eigenvalue weighted by Crippen LogP contribution is -2.25. The lowest BCUT2D eigenvalue weighted by molar-refractivity contribution is 0.365. The highest BCUT2D eigenvalue weighted by atomic mass is 32.2. The van der Waals surface area contributed by atoms with Gasteiger partial charge in [0.1, 0.15) is 0 Å². The fraction of sp³-hybridized carbons (Fsp3) is 0.714. The first-order chi connectivity index (χ1) is 8.11. The van der Waals surface area contributed by atoms with Crippen molar-refractivity contribution in [3.63, 3.8) is 0 Å². The van der Waals surface area contributed by atoms with E-state index in [0.29, 0.717) is 5.88 Å². The van der Waals surface area contributed by atoms with Gasteiger partial charge in [0.2, 0.25) is 5.88 Å². The van der Waals surface area contributed by atoms with Crippen LogP contribution >= 0.6 is 11.8 Å². The molecule has 0 radical (unpaired) electrons. The molecule has 0 bridgehead atoms. The molecule has 1 heterocycles. The summed E-state index contributed by atoms with van der Waals surface area (Å²) in [4.78, 5) is 9.19. The highest BCUT2D eigenvalue weighted by Gasteiger charge is 2.31. The normalized spacial score (nSPS) is 12.7. The second-order valence-electron chi connectivity index (χ2n) is 6.44. The van der Waals surface area contributed by atoms with Crippen molar-refractivity contribution in [2.75, 3.05) is 13.4 Å². The Hall–Kier alpha value is -0.770. The standard InChI is InChI=1S/C14H24N2OS/c1-13(2,3)9-10(14(4,5)6)15-12(18-8)16-11(9)17-7/h1-8H3. The Morgan fingerprint density at radius 2 is 1.50 bits per heavy atom. The van der Waals surface area contributed by atoms with Crippen LogP contribution in [0.4, 0.5) is 0 Å². The summed E-state index contributed by atoms with van der Waals surface area (Å²) in [7, 11) is 1.67. The minimum Gasteiger partial charge on any atom is -0.481 e. The van der Waals surface area contributed by atoms with Crippen LogP contribution in [0.25, 0.3) is 0 Å². The Morgan fingerprint density at radius 1 is 0.944 bits per heavy atom. The first-order valence-electron chi connectivity index (χ1n) is 6.12. The van der Waals surface area contributed by atoms with E-state index in [1.807, 2.05) is 6.26 Å². The van der Waals surface area contributed by atoms with Crippen molar-refractivity contribution in [3.8, 4) is 5.88 Å². The van der Waals surface area contributed by atoms with Gasteiger partial charge >= 0.3 is 0 Å². The van der Waals surface area contributed by atoms with Crippen LogP contribution in [0.15, 0.2) is 5.16 Å². The van der Waals surface area contributed by atoms with Crippen LogP contribution < -0.4 is 4.74 Å². The van der Waals surface area contributed by atoms with Crippen molar-refractivity contribution >= 4 is 11.8 Å². The molecule has 0 aliphatic heterocycles. The van der Waals surface area contributed by atoms with Gasteiger partial charge in [0.05, 0.1) is 12.8 Å². The molecule has 0 aliphatic rings. The molecular formula is C14H24N2OS. The summed E-state index contributed by atoms with van der Waals surface area (Å²) in [5.41, 5.74) is 2.12. The average molecular weight is 268 g/mol. The second-order valence-corrected chi connectivity index (χ2v) is 7.22. The van der Waals surface area contributed by atoms with Gasteiger partial charge in [-0.15, -0.1) is 0 Å². The van der Waals surface area contributed by atoms with Gasteiger partial charge in [-0.1, -0.05) is 53.3 Å². The van der Waals surface area contributed by atoms with Crippen LogP contribution in [0.5, 0.6) is 5.88 Å².